The van der Waals surface area contributed by atoms with Crippen molar-refractivity contribution in [3.8, 4) is 0 Å². The average molecular weight is 334 g/mol. The maximum Gasteiger partial charge on any atom is 0.306 e. The second-order valence-electron chi connectivity index (χ2n) is 6.66. The van der Waals surface area contributed by atoms with Crippen LogP contribution in [0, 0.1) is 0 Å². The number of rotatable bonds is 7. The molecule has 1 atom stereocenters. The Morgan fingerprint density at radius 2 is 1.67 bits per heavy atom. The minimum Gasteiger partial charge on any atom is -0.456 e. The van der Waals surface area contributed by atoms with Crippen LogP contribution in [-0.2, 0) is 19.1 Å². The highest BCUT2D eigenvalue weighted by molar-refractivity contribution is 5.84. The monoisotopic (exact) mass is 334 g/mol. The van der Waals surface area contributed by atoms with Crippen molar-refractivity contribution in [2.75, 3.05) is 6.61 Å². The second-order valence-corrected chi connectivity index (χ2v) is 6.66. The lowest BCUT2D eigenvalue weighted by Gasteiger charge is -2.20. The van der Waals surface area contributed by atoms with Crippen LogP contribution in [-0.4, -0.2) is 29.9 Å². The summed E-state index contributed by atoms with van der Waals surface area (Å²) in [7, 11) is 0. The van der Waals surface area contributed by atoms with Crippen LogP contribution in [0.3, 0.4) is 0 Å². The summed E-state index contributed by atoms with van der Waals surface area (Å²) in [5.41, 5.74) is 0.615. The summed E-state index contributed by atoms with van der Waals surface area (Å²) in [5, 5.41) is 5.51. The fourth-order valence-corrected chi connectivity index (χ4v) is 2.03. The first-order valence-corrected chi connectivity index (χ1v) is 7.98. The number of amides is 2. The molecule has 0 aliphatic rings. The standard InChI is InChI=1S/C18H26N2O4/c1-13(14-8-6-5-7-9-14)19-15(21)10-11-17(23)24-12-16(22)20-18(2,3)4/h5-9,13H,10-12H2,1-4H3,(H,19,21)(H,20,22). The van der Waals surface area contributed by atoms with Crippen molar-refractivity contribution in [3.05, 3.63) is 35.9 Å². The smallest absolute Gasteiger partial charge is 0.306 e. The number of carbonyl (C=O) groups is 3. The average Bonchev–Trinajstić information content (AvgIpc) is 2.50. The van der Waals surface area contributed by atoms with Gasteiger partial charge in [0.05, 0.1) is 12.5 Å². The molecule has 0 aromatic heterocycles. The van der Waals surface area contributed by atoms with Gasteiger partial charge in [0.15, 0.2) is 6.61 Å². The molecule has 0 saturated heterocycles. The van der Waals surface area contributed by atoms with Gasteiger partial charge in [-0.1, -0.05) is 30.3 Å². The van der Waals surface area contributed by atoms with E-state index in [1.807, 2.05) is 58.0 Å². The van der Waals surface area contributed by atoms with Crippen LogP contribution in [0.1, 0.15) is 52.1 Å². The van der Waals surface area contributed by atoms with Crippen molar-refractivity contribution >= 4 is 17.8 Å². The molecule has 0 saturated carbocycles. The van der Waals surface area contributed by atoms with Crippen LogP contribution >= 0.6 is 0 Å². The van der Waals surface area contributed by atoms with Crippen molar-refractivity contribution in [3.63, 3.8) is 0 Å². The Balaban J connectivity index is 2.26. The van der Waals surface area contributed by atoms with Crippen LogP contribution in [0.5, 0.6) is 0 Å². The minimum atomic E-state index is -0.568. The molecule has 1 rings (SSSR count). The van der Waals surface area contributed by atoms with E-state index in [1.54, 1.807) is 0 Å². The number of nitrogens with one attached hydrogen (secondary N) is 2. The zero-order valence-electron chi connectivity index (χ0n) is 14.7. The van der Waals surface area contributed by atoms with Crippen molar-refractivity contribution < 1.29 is 19.1 Å². The normalized spacial score (nSPS) is 12.2. The van der Waals surface area contributed by atoms with Gasteiger partial charge in [-0.25, -0.2) is 0 Å². The summed E-state index contributed by atoms with van der Waals surface area (Å²) in [6.45, 7) is 7.06. The minimum absolute atomic E-state index is 0.0247. The number of hydrogen-bond donors (Lipinski definition) is 2. The molecule has 1 aromatic rings. The van der Waals surface area contributed by atoms with Crippen molar-refractivity contribution in [2.45, 2.75) is 52.1 Å². The lowest BCUT2D eigenvalue weighted by molar-refractivity contribution is -0.149. The third-order valence-electron chi connectivity index (χ3n) is 3.11. The zero-order chi connectivity index (χ0) is 18.2. The summed E-state index contributed by atoms with van der Waals surface area (Å²) in [5.74, 6) is -1.16. The SMILES string of the molecule is CC(NC(=O)CCC(=O)OCC(=O)NC(C)(C)C)c1ccccc1. The van der Waals surface area contributed by atoms with Crippen LogP contribution in [0.2, 0.25) is 0 Å². The van der Waals surface area contributed by atoms with Gasteiger partial charge in [-0.3, -0.25) is 14.4 Å². The maximum absolute atomic E-state index is 11.9. The summed E-state index contributed by atoms with van der Waals surface area (Å²) < 4.78 is 4.86. The number of benzene rings is 1. The Labute approximate surface area is 143 Å². The van der Waals surface area contributed by atoms with E-state index in [0.717, 1.165) is 5.56 Å². The third-order valence-corrected chi connectivity index (χ3v) is 3.11. The molecular weight excluding hydrogens is 308 g/mol. The molecule has 1 aromatic carbocycles. The van der Waals surface area contributed by atoms with Crippen LogP contribution in [0.4, 0.5) is 0 Å². The summed E-state index contributed by atoms with van der Waals surface area (Å²) in [6.07, 6.45) is -0.0347. The molecule has 0 heterocycles. The molecule has 132 valence electrons. The predicted octanol–water partition coefficient (Wildman–Crippen LogP) is 2.10. The zero-order valence-corrected chi connectivity index (χ0v) is 14.7. The van der Waals surface area contributed by atoms with Gasteiger partial charge < -0.3 is 15.4 Å². The van der Waals surface area contributed by atoms with Gasteiger partial charge in [-0.05, 0) is 33.3 Å². The van der Waals surface area contributed by atoms with Gasteiger partial charge in [0.1, 0.15) is 0 Å². The fourth-order valence-electron chi connectivity index (χ4n) is 2.03. The highest BCUT2D eigenvalue weighted by atomic mass is 16.5. The van der Waals surface area contributed by atoms with Crippen LogP contribution in [0.25, 0.3) is 0 Å². The van der Waals surface area contributed by atoms with E-state index in [2.05, 4.69) is 10.6 Å². The first-order valence-electron chi connectivity index (χ1n) is 7.98. The van der Waals surface area contributed by atoms with Crippen molar-refractivity contribution in [1.82, 2.24) is 10.6 Å². The van der Waals surface area contributed by atoms with Gasteiger partial charge in [0.25, 0.3) is 5.91 Å². The Kier molecular flexibility index (Phi) is 7.42. The second kappa shape index (κ2) is 9.05. The Hall–Kier alpha value is -2.37. The first kappa shape index (κ1) is 19.7. The summed E-state index contributed by atoms with van der Waals surface area (Å²) in [6, 6.07) is 9.42. The molecule has 2 N–H and O–H groups in total. The van der Waals surface area contributed by atoms with Gasteiger partial charge in [0, 0.05) is 12.0 Å². The molecular formula is C18H26N2O4. The highest BCUT2D eigenvalue weighted by Crippen LogP contribution is 2.11. The number of esters is 1. The Bertz CT molecular complexity index is 564. The van der Waals surface area contributed by atoms with Gasteiger partial charge >= 0.3 is 5.97 Å². The molecule has 24 heavy (non-hydrogen) atoms. The highest BCUT2D eigenvalue weighted by Gasteiger charge is 2.16. The van der Waals surface area contributed by atoms with E-state index < -0.39 is 5.97 Å². The predicted molar refractivity (Wildman–Crippen MR) is 91.1 cm³/mol. The van der Waals surface area contributed by atoms with E-state index in [1.165, 1.54) is 0 Å². The topological polar surface area (TPSA) is 84.5 Å². The molecule has 0 spiro atoms. The maximum atomic E-state index is 11.9. The van der Waals surface area contributed by atoms with E-state index >= 15 is 0 Å². The molecule has 1 unspecified atom stereocenters. The van der Waals surface area contributed by atoms with Gasteiger partial charge in [0.2, 0.25) is 5.91 Å². The number of hydrogen-bond acceptors (Lipinski definition) is 4. The van der Waals surface area contributed by atoms with Gasteiger partial charge in [-0.2, -0.15) is 0 Å². The molecule has 2 amide bonds. The van der Waals surface area contributed by atoms with Crippen molar-refractivity contribution in [1.29, 1.82) is 0 Å². The number of carbonyl (C=O) groups excluding carboxylic acids is 3. The fraction of sp³-hybridized carbons (Fsp3) is 0.500. The van der Waals surface area contributed by atoms with E-state index in [0.29, 0.717) is 0 Å². The largest absolute Gasteiger partial charge is 0.456 e. The Morgan fingerprint density at radius 3 is 2.25 bits per heavy atom. The molecule has 0 aliphatic carbocycles. The van der Waals surface area contributed by atoms with Gasteiger partial charge in [-0.15, -0.1) is 0 Å². The van der Waals surface area contributed by atoms with Crippen LogP contribution < -0.4 is 10.6 Å². The molecule has 0 radical (unpaired) electrons. The number of ether oxygens (including phenoxy) is 1. The first-order chi connectivity index (χ1) is 11.2. The molecule has 0 fully saturated rings. The molecule has 0 aliphatic heterocycles. The molecule has 6 nitrogen and oxygen atoms in total. The summed E-state index contributed by atoms with van der Waals surface area (Å²) >= 11 is 0. The van der Waals surface area contributed by atoms with E-state index in [9.17, 15) is 14.4 Å². The van der Waals surface area contributed by atoms with Crippen molar-refractivity contribution in [2.24, 2.45) is 0 Å². The molecule has 0 bridgehead atoms. The lowest BCUT2D eigenvalue weighted by atomic mass is 10.1. The van der Waals surface area contributed by atoms with E-state index in [4.69, 9.17) is 4.74 Å². The van der Waals surface area contributed by atoms with Crippen LogP contribution in [0.15, 0.2) is 30.3 Å². The van der Waals surface area contributed by atoms with E-state index in [-0.39, 0.29) is 42.8 Å². The quantitative estimate of drug-likeness (QED) is 0.748. The lowest BCUT2D eigenvalue weighted by Crippen LogP contribution is -2.42. The molecule has 6 heteroatoms. The Morgan fingerprint density at radius 1 is 1.04 bits per heavy atom. The summed E-state index contributed by atoms with van der Waals surface area (Å²) in [4.78, 5) is 35.0. The third kappa shape index (κ3) is 8.31.